The second kappa shape index (κ2) is 6.97. The van der Waals surface area contributed by atoms with E-state index >= 15 is 0 Å². The molecule has 0 spiro atoms. The Labute approximate surface area is 125 Å². The lowest BCUT2D eigenvalue weighted by molar-refractivity contribution is 0.0696. The normalized spacial score (nSPS) is 13.1. The molecule has 0 aliphatic carbocycles. The number of aromatic nitrogens is 1. The smallest absolute Gasteiger partial charge is 0.335 e. The Morgan fingerprint density at radius 3 is 2.60 bits per heavy atom. The summed E-state index contributed by atoms with van der Waals surface area (Å²) >= 11 is 1.80. The monoisotopic (exact) mass is 296 g/mol. The van der Waals surface area contributed by atoms with Gasteiger partial charge in [-0.25, -0.2) is 9.78 Å². The van der Waals surface area contributed by atoms with E-state index in [1.54, 1.807) is 23.9 Å². The van der Waals surface area contributed by atoms with Crippen LogP contribution in [-0.2, 0) is 5.41 Å². The van der Waals surface area contributed by atoms with Gasteiger partial charge < -0.3 is 10.4 Å². The van der Waals surface area contributed by atoms with Crippen molar-refractivity contribution in [3.63, 3.8) is 0 Å². The molecule has 4 nitrogen and oxygen atoms in total. The molecule has 0 aliphatic rings. The highest BCUT2D eigenvalue weighted by atomic mass is 32.2. The van der Waals surface area contributed by atoms with Crippen molar-refractivity contribution in [1.29, 1.82) is 0 Å². The van der Waals surface area contributed by atoms with Gasteiger partial charge in [0, 0.05) is 17.2 Å². The van der Waals surface area contributed by atoms with E-state index in [1.165, 1.54) is 0 Å². The van der Waals surface area contributed by atoms with Crippen LogP contribution in [0.15, 0.2) is 12.1 Å². The maximum atomic E-state index is 11.2. The van der Waals surface area contributed by atoms with Crippen LogP contribution in [0.5, 0.6) is 0 Å². The number of carboxylic acids is 1. The Balaban J connectivity index is 3.00. The summed E-state index contributed by atoms with van der Waals surface area (Å²) in [7, 11) is 0. The molecule has 0 bridgehead atoms. The minimum absolute atomic E-state index is 0.176. The van der Waals surface area contributed by atoms with E-state index in [0.717, 1.165) is 17.9 Å². The zero-order valence-electron chi connectivity index (χ0n) is 12.9. The number of hydrogen-bond acceptors (Lipinski definition) is 4. The molecule has 2 N–H and O–H groups in total. The number of nitrogens with zero attached hydrogens (tertiary/aromatic N) is 1. The number of carbonyl (C=O) groups is 1. The van der Waals surface area contributed by atoms with Gasteiger partial charge in [-0.2, -0.15) is 11.8 Å². The minimum Gasteiger partial charge on any atom is -0.478 e. The fourth-order valence-corrected chi connectivity index (χ4v) is 2.32. The van der Waals surface area contributed by atoms with E-state index in [0.29, 0.717) is 5.82 Å². The summed E-state index contributed by atoms with van der Waals surface area (Å²) in [6.45, 7) is 8.17. The first-order valence-electron chi connectivity index (χ1n) is 6.75. The molecular formula is C15H24N2O2S. The van der Waals surface area contributed by atoms with Crippen LogP contribution in [0.3, 0.4) is 0 Å². The average Bonchev–Trinajstić information content (AvgIpc) is 2.34. The number of rotatable bonds is 6. The van der Waals surface area contributed by atoms with Crippen molar-refractivity contribution in [1.82, 2.24) is 4.98 Å². The number of thioether (sulfide) groups is 1. The fourth-order valence-electron chi connectivity index (χ4n) is 1.73. The maximum Gasteiger partial charge on any atom is 0.335 e. The Morgan fingerprint density at radius 1 is 1.45 bits per heavy atom. The van der Waals surface area contributed by atoms with Crippen LogP contribution in [0.25, 0.3) is 0 Å². The third-order valence-corrected chi connectivity index (χ3v) is 3.63. The molecule has 0 radical (unpaired) electrons. The van der Waals surface area contributed by atoms with E-state index < -0.39 is 5.97 Å². The zero-order valence-corrected chi connectivity index (χ0v) is 13.7. The van der Waals surface area contributed by atoms with Crippen molar-refractivity contribution in [2.45, 2.75) is 45.6 Å². The predicted octanol–water partition coefficient (Wildman–Crippen LogP) is 3.63. The summed E-state index contributed by atoms with van der Waals surface area (Å²) in [5.74, 6) is 0.792. The SMILES string of the molecule is CSCCC(C)Nc1cc(C(=O)O)cc(C(C)(C)C)n1. The van der Waals surface area contributed by atoms with E-state index in [9.17, 15) is 9.90 Å². The summed E-state index contributed by atoms with van der Waals surface area (Å²) in [6.07, 6.45) is 3.10. The largest absolute Gasteiger partial charge is 0.478 e. The van der Waals surface area contributed by atoms with Gasteiger partial charge >= 0.3 is 5.97 Å². The van der Waals surface area contributed by atoms with Crippen molar-refractivity contribution in [3.05, 3.63) is 23.4 Å². The fraction of sp³-hybridized carbons (Fsp3) is 0.600. The van der Waals surface area contributed by atoms with Gasteiger partial charge in [0.25, 0.3) is 0 Å². The molecule has 0 saturated carbocycles. The summed E-state index contributed by atoms with van der Waals surface area (Å²) in [4.78, 5) is 15.8. The quantitative estimate of drug-likeness (QED) is 0.839. The van der Waals surface area contributed by atoms with Crippen LogP contribution in [0.1, 0.15) is 50.2 Å². The number of nitrogens with one attached hydrogen (secondary N) is 1. The highest BCUT2D eigenvalue weighted by Crippen LogP contribution is 2.24. The molecule has 1 aromatic heterocycles. The van der Waals surface area contributed by atoms with Crippen molar-refractivity contribution in [2.24, 2.45) is 0 Å². The number of carboxylic acid groups (broad SMARTS) is 1. The van der Waals surface area contributed by atoms with Gasteiger partial charge in [0.2, 0.25) is 0 Å². The Bertz CT molecular complexity index is 469. The van der Waals surface area contributed by atoms with Crippen molar-refractivity contribution >= 4 is 23.5 Å². The number of hydrogen-bond donors (Lipinski definition) is 2. The van der Waals surface area contributed by atoms with Crippen LogP contribution < -0.4 is 5.32 Å². The van der Waals surface area contributed by atoms with Gasteiger partial charge in [-0.3, -0.25) is 0 Å². The lowest BCUT2D eigenvalue weighted by Crippen LogP contribution is -2.20. The van der Waals surface area contributed by atoms with Crippen LogP contribution in [0.4, 0.5) is 5.82 Å². The third-order valence-electron chi connectivity index (χ3n) is 2.99. The highest BCUT2D eigenvalue weighted by molar-refractivity contribution is 7.98. The van der Waals surface area contributed by atoms with Crippen molar-refractivity contribution in [2.75, 3.05) is 17.3 Å². The van der Waals surface area contributed by atoms with Crippen molar-refractivity contribution < 1.29 is 9.90 Å². The molecule has 1 rings (SSSR count). The Hall–Kier alpha value is -1.23. The van der Waals surface area contributed by atoms with Crippen LogP contribution in [0.2, 0.25) is 0 Å². The van der Waals surface area contributed by atoms with E-state index in [1.807, 2.05) is 20.8 Å². The van der Waals surface area contributed by atoms with Gasteiger partial charge in [0.05, 0.1) is 5.56 Å². The molecule has 20 heavy (non-hydrogen) atoms. The highest BCUT2D eigenvalue weighted by Gasteiger charge is 2.19. The summed E-state index contributed by atoms with van der Waals surface area (Å²) in [6, 6.07) is 3.53. The first-order valence-corrected chi connectivity index (χ1v) is 8.14. The van der Waals surface area contributed by atoms with E-state index in [-0.39, 0.29) is 17.0 Å². The van der Waals surface area contributed by atoms with Gasteiger partial charge in [-0.1, -0.05) is 20.8 Å². The van der Waals surface area contributed by atoms with Crippen molar-refractivity contribution in [3.8, 4) is 0 Å². The van der Waals surface area contributed by atoms with E-state index in [4.69, 9.17) is 0 Å². The average molecular weight is 296 g/mol. The molecule has 1 atom stereocenters. The van der Waals surface area contributed by atoms with Crippen LogP contribution >= 0.6 is 11.8 Å². The Morgan fingerprint density at radius 2 is 2.10 bits per heavy atom. The number of aromatic carboxylic acids is 1. The molecular weight excluding hydrogens is 272 g/mol. The summed E-state index contributed by atoms with van der Waals surface area (Å²) in [5.41, 5.74) is 0.895. The Kier molecular flexibility index (Phi) is 5.87. The third kappa shape index (κ3) is 5.04. The second-order valence-electron chi connectivity index (χ2n) is 6.01. The topological polar surface area (TPSA) is 62.2 Å². The number of pyridine rings is 1. The standard InChI is InChI=1S/C15H24N2O2S/c1-10(6-7-20-5)16-13-9-11(14(18)19)8-12(17-13)15(2,3)4/h8-10H,6-7H2,1-5H3,(H,16,17)(H,18,19). The molecule has 0 amide bonds. The summed E-state index contributed by atoms with van der Waals surface area (Å²) < 4.78 is 0. The van der Waals surface area contributed by atoms with Gasteiger partial charge in [-0.05, 0) is 37.5 Å². The van der Waals surface area contributed by atoms with Crippen LogP contribution in [-0.4, -0.2) is 34.1 Å². The maximum absolute atomic E-state index is 11.2. The molecule has 1 heterocycles. The molecule has 1 unspecified atom stereocenters. The first kappa shape index (κ1) is 16.8. The molecule has 1 aromatic rings. The van der Waals surface area contributed by atoms with E-state index in [2.05, 4.69) is 23.5 Å². The molecule has 5 heteroatoms. The predicted molar refractivity (Wildman–Crippen MR) is 86.0 cm³/mol. The zero-order chi connectivity index (χ0) is 15.3. The molecule has 0 saturated heterocycles. The molecule has 0 aromatic carbocycles. The molecule has 0 fully saturated rings. The second-order valence-corrected chi connectivity index (χ2v) is 6.99. The van der Waals surface area contributed by atoms with Gasteiger partial charge in [-0.15, -0.1) is 0 Å². The van der Waals surface area contributed by atoms with Crippen LogP contribution in [0, 0.1) is 0 Å². The lowest BCUT2D eigenvalue weighted by Gasteiger charge is -2.21. The number of anilines is 1. The van der Waals surface area contributed by atoms with Gasteiger partial charge in [0.15, 0.2) is 0 Å². The van der Waals surface area contributed by atoms with Gasteiger partial charge in [0.1, 0.15) is 5.82 Å². The molecule has 112 valence electrons. The first-order chi connectivity index (χ1) is 9.24. The molecule has 0 aliphatic heterocycles. The lowest BCUT2D eigenvalue weighted by atomic mass is 9.90. The summed E-state index contributed by atoms with van der Waals surface area (Å²) in [5, 5.41) is 12.5. The minimum atomic E-state index is -0.919.